The van der Waals surface area contributed by atoms with Crippen LogP contribution in [0.2, 0.25) is 0 Å². The molecule has 1 atom stereocenters. The number of carbonyl (C=O) groups is 1. The first kappa shape index (κ1) is 20.4. The third-order valence-corrected chi connectivity index (χ3v) is 6.03. The van der Waals surface area contributed by atoms with Crippen molar-refractivity contribution in [2.45, 2.75) is 75.5 Å². The molecule has 7 heteroatoms. The summed E-state index contributed by atoms with van der Waals surface area (Å²) in [5, 5.41) is 7.15. The number of ether oxygens (including phenoxy) is 2. The third kappa shape index (κ3) is 6.07. The van der Waals surface area contributed by atoms with Gasteiger partial charge in [-0.05, 0) is 38.5 Å². The Labute approximate surface area is 163 Å². The van der Waals surface area contributed by atoms with Crippen molar-refractivity contribution in [3.05, 3.63) is 0 Å². The number of nitrogens with one attached hydrogen (secondary N) is 2. The molecule has 154 valence electrons. The summed E-state index contributed by atoms with van der Waals surface area (Å²) in [6, 6.07) is 0.695. The molecule has 7 nitrogen and oxygen atoms in total. The van der Waals surface area contributed by atoms with Crippen molar-refractivity contribution in [1.29, 1.82) is 0 Å². The monoisotopic (exact) mass is 380 g/mol. The minimum absolute atomic E-state index is 0.0128. The molecule has 1 saturated carbocycles. The van der Waals surface area contributed by atoms with Crippen LogP contribution in [0, 0.1) is 0 Å². The van der Waals surface area contributed by atoms with Crippen molar-refractivity contribution in [3.63, 3.8) is 0 Å². The lowest BCUT2D eigenvalue weighted by Gasteiger charge is -2.44. The molecular formula is C20H36N4O3. The second-order valence-electron chi connectivity index (χ2n) is 8.41. The van der Waals surface area contributed by atoms with Crippen molar-refractivity contribution >= 4 is 11.9 Å². The molecule has 27 heavy (non-hydrogen) atoms. The maximum atomic E-state index is 12.0. The molecule has 2 N–H and O–H groups in total. The molecule has 2 saturated heterocycles. The van der Waals surface area contributed by atoms with Crippen LogP contribution in [0.25, 0.3) is 0 Å². The Morgan fingerprint density at radius 1 is 1.04 bits per heavy atom. The lowest BCUT2D eigenvalue weighted by molar-refractivity contribution is -0.127. The molecule has 3 fully saturated rings. The van der Waals surface area contributed by atoms with E-state index in [4.69, 9.17) is 9.47 Å². The first-order valence-corrected chi connectivity index (χ1v) is 10.6. The number of hydrogen-bond acceptors (Lipinski definition) is 4. The van der Waals surface area contributed by atoms with Gasteiger partial charge in [0.1, 0.15) is 6.54 Å². The molecule has 0 bridgehead atoms. The van der Waals surface area contributed by atoms with E-state index in [1.165, 1.54) is 32.1 Å². The Morgan fingerprint density at radius 3 is 2.41 bits per heavy atom. The minimum Gasteiger partial charge on any atom is -0.381 e. The number of nitrogens with zero attached hydrogens (tertiary/aromatic N) is 2. The maximum absolute atomic E-state index is 12.0. The van der Waals surface area contributed by atoms with Crippen LogP contribution in [0.1, 0.15) is 57.8 Å². The normalized spacial score (nSPS) is 26.6. The Bertz CT molecular complexity index is 506. The lowest BCUT2D eigenvalue weighted by Crippen LogP contribution is -2.54. The first-order valence-electron chi connectivity index (χ1n) is 10.6. The summed E-state index contributed by atoms with van der Waals surface area (Å²) < 4.78 is 11.7. The van der Waals surface area contributed by atoms with E-state index in [0.29, 0.717) is 12.1 Å². The summed E-state index contributed by atoms with van der Waals surface area (Å²) in [5.74, 6) is 0.772. The lowest BCUT2D eigenvalue weighted by atomic mass is 9.78. The molecule has 1 unspecified atom stereocenters. The summed E-state index contributed by atoms with van der Waals surface area (Å²) in [4.78, 5) is 18.2. The van der Waals surface area contributed by atoms with Gasteiger partial charge in [-0.2, -0.15) is 0 Å². The molecule has 3 rings (SSSR count). The van der Waals surface area contributed by atoms with Crippen LogP contribution in [-0.4, -0.2) is 74.9 Å². The van der Waals surface area contributed by atoms with Gasteiger partial charge in [0.25, 0.3) is 0 Å². The van der Waals surface area contributed by atoms with Crippen LogP contribution in [-0.2, 0) is 14.3 Å². The first-order chi connectivity index (χ1) is 13.1. The van der Waals surface area contributed by atoms with Crippen LogP contribution in [0.5, 0.6) is 0 Å². The van der Waals surface area contributed by atoms with Crippen LogP contribution in [0.4, 0.5) is 0 Å². The van der Waals surface area contributed by atoms with E-state index in [0.717, 1.165) is 51.5 Å². The van der Waals surface area contributed by atoms with Crippen molar-refractivity contribution < 1.29 is 14.3 Å². The Morgan fingerprint density at radius 2 is 1.70 bits per heavy atom. The zero-order valence-electron chi connectivity index (χ0n) is 17.0. The number of guanidine groups is 1. The predicted molar refractivity (Wildman–Crippen MR) is 106 cm³/mol. The van der Waals surface area contributed by atoms with Crippen molar-refractivity contribution in [2.24, 2.45) is 4.99 Å². The molecular weight excluding hydrogens is 344 g/mol. The molecule has 0 radical (unpaired) electrons. The molecule has 1 spiro atoms. The molecule has 0 aromatic rings. The average molecular weight is 381 g/mol. The fraction of sp³-hybridized carbons (Fsp3) is 0.900. The second kappa shape index (κ2) is 9.73. The Kier molecular flexibility index (Phi) is 7.35. The van der Waals surface area contributed by atoms with Crippen LogP contribution in [0.15, 0.2) is 4.99 Å². The molecule has 2 heterocycles. The highest BCUT2D eigenvalue weighted by Crippen LogP contribution is 2.38. The van der Waals surface area contributed by atoms with Gasteiger partial charge in [-0.15, -0.1) is 0 Å². The number of aliphatic imine (C=N–C) groups is 1. The van der Waals surface area contributed by atoms with Crippen LogP contribution in [0.3, 0.4) is 0 Å². The molecule has 0 aromatic carbocycles. The minimum atomic E-state index is 0.0128. The smallest absolute Gasteiger partial charge is 0.243 e. The molecule has 2 aliphatic heterocycles. The van der Waals surface area contributed by atoms with Gasteiger partial charge in [0.2, 0.25) is 5.91 Å². The van der Waals surface area contributed by atoms with E-state index in [2.05, 4.69) is 15.6 Å². The van der Waals surface area contributed by atoms with Gasteiger partial charge < -0.3 is 25.0 Å². The van der Waals surface area contributed by atoms with E-state index in [-0.39, 0.29) is 18.1 Å². The third-order valence-electron chi connectivity index (χ3n) is 6.03. The summed E-state index contributed by atoms with van der Waals surface area (Å²) in [5.41, 5.74) is 0.0530. The number of rotatable bonds is 4. The van der Waals surface area contributed by atoms with E-state index in [1.807, 2.05) is 0 Å². The number of hydrogen-bond donors (Lipinski definition) is 2. The summed E-state index contributed by atoms with van der Waals surface area (Å²) in [6.45, 7) is 2.53. The van der Waals surface area contributed by atoms with Gasteiger partial charge in [0.05, 0.1) is 5.60 Å². The molecule has 3 aliphatic rings. The van der Waals surface area contributed by atoms with Crippen molar-refractivity contribution in [3.8, 4) is 0 Å². The number of amides is 1. The Balaban J connectivity index is 1.62. The number of likely N-dealkylation sites (N-methyl/N-ethyl adjacent to an activating group) is 1. The van der Waals surface area contributed by atoms with Gasteiger partial charge >= 0.3 is 0 Å². The van der Waals surface area contributed by atoms with Crippen LogP contribution >= 0.6 is 0 Å². The van der Waals surface area contributed by atoms with Gasteiger partial charge in [-0.25, -0.2) is 4.99 Å². The van der Waals surface area contributed by atoms with Crippen LogP contribution < -0.4 is 10.6 Å². The topological polar surface area (TPSA) is 75.2 Å². The molecule has 1 aliphatic carbocycles. The van der Waals surface area contributed by atoms with Gasteiger partial charge in [-0.3, -0.25) is 4.79 Å². The fourth-order valence-electron chi connectivity index (χ4n) is 4.35. The molecule has 0 aromatic heterocycles. The van der Waals surface area contributed by atoms with Crippen molar-refractivity contribution in [2.75, 3.05) is 40.5 Å². The standard InChI is InChI=1S/C20H36N4O3/c1-24(2)18(25)15-21-19(22-16-6-11-26-12-7-16)23-17-8-13-27-20(14-17)9-4-3-5-10-20/h16-17H,3-15H2,1-2H3,(H2,21,22,23). The Hall–Kier alpha value is -1.34. The van der Waals surface area contributed by atoms with Gasteiger partial charge in [0, 0.05) is 46.0 Å². The maximum Gasteiger partial charge on any atom is 0.243 e. The highest BCUT2D eigenvalue weighted by molar-refractivity contribution is 5.85. The van der Waals surface area contributed by atoms with E-state index < -0.39 is 0 Å². The highest BCUT2D eigenvalue weighted by Gasteiger charge is 2.38. The number of carbonyl (C=O) groups excluding carboxylic acids is 1. The van der Waals surface area contributed by atoms with E-state index in [9.17, 15) is 4.79 Å². The summed E-state index contributed by atoms with van der Waals surface area (Å²) in [6.07, 6.45) is 10.2. The summed E-state index contributed by atoms with van der Waals surface area (Å²) >= 11 is 0. The van der Waals surface area contributed by atoms with Gasteiger partial charge in [-0.1, -0.05) is 19.3 Å². The SMILES string of the molecule is CN(C)C(=O)CN=C(NC1CCOCC1)NC1CCOC2(CCCCC2)C1. The predicted octanol–water partition coefficient (Wildman–Crippen LogP) is 1.67. The fourth-order valence-corrected chi connectivity index (χ4v) is 4.35. The molecule has 1 amide bonds. The van der Waals surface area contributed by atoms with Crippen molar-refractivity contribution in [1.82, 2.24) is 15.5 Å². The highest BCUT2D eigenvalue weighted by atomic mass is 16.5. The summed E-state index contributed by atoms with van der Waals surface area (Å²) in [7, 11) is 3.53. The largest absolute Gasteiger partial charge is 0.381 e. The van der Waals surface area contributed by atoms with E-state index >= 15 is 0 Å². The second-order valence-corrected chi connectivity index (χ2v) is 8.41. The quantitative estimate of drug-likeness (QED) is 0.573. The van der Waals surface area contributed by atoms with Gasteiger partial charge in [0.15, 0.2) is 5.96 Å². The zero-order valence-corrected chi connectivity index (χ0v) is 17.0. The zero-order chi connectivity index (χ0) is 19.1. The average Bonchev–Trinajstić information content (AvgIpc) is 2.67. The van der Waals surface area contributed by atoms with E-state index in [1.54, 1.807) is 19.0 Å².